The standard InChI is InChI=1S/C25H23ClN4O3S/c1-32-19-8-3-16(4-9-19)23-24(17-5-10-20(33-2)11-6-17)30-25(29-23)34-14-13-22(31)28-21-12-7-18(26)15-27-21/h3-12,15H,13-14H2,1-2H3,(H,29,30)(H,27,28,31). The number of amides is 1. The molecule has 2 heterocycles. The van der Waals surface area contributed by atoms with Crippen LogP contribution in [0.2, 0.25) is 5.02 Å². The van der Waals surface area contributed by atoms with Crippen LogP contribution in [-0.2, 0) is 4.79 Å². The maximum Gasteiger partial charge on any atom is 0.226 e. The molecule has 0 atom stereocenters. The third-order valence-electron chi connectivity index (χ3n) is 4.99. The topological polar surface area (TPSA) is 89.1 Å². The predicted octanol–water partition coefficient (Wildman–Crippen LogP) is 5.93. The number of imidazole rings is 1. The molecule has 174 valence electrons. The first-order chi connectivity index (χ1) is 16.6. The number of carbonyl (C=O) groups excluding carboxylic acids is 1. The number of aromatic nitrogens is 3. The maximum atomic E-state index is 12.3. The second kappa shape index (κ2) is 11.1. The Kier molecular flexibility index (Phi) is 7.72. The van der Waals surface area contributed by atoms with Crippen LogP contribution in [-0.4, -0.2) is 40.8 Å². The summed E-state index contributed by atoms with van der Waals surface area (Å²) in [6.07, 6.45) is 1.81. The Hall–Kier alpha value is -3.49. The molecular weight excluding hydrogens is 472 g/mol. The number of H-pyrrole nitrogens is 1. The summed E-state index contributed by atoms with van der Waals surface area (Å²) in [7, 11) is 3.28. The summed E-state index contributed by atoms with van der Waals surface area (Å²) in [5, 5.41) is 4.02. The number of hydrogen-bond donors (Lipinski definition) is 2. The molecule has 7 nitrogen and oxygen atoms in total. The summed E-state index contributed by atoms with van der Waals surface area (Å²) in [6, 6.07) is 18.9. The SMILES string of the molecule is COc1ccc(-c2nc(SCCC(=O)Nc3ccc(Cl)cn3)[nH]c2-c2ccc(OC)cc2)cc1. The summed E-state index contributed by atoms with van der Waals surface area (Å²) in [4.78, 5) is 24.6. The first-order valence-corrected chi connectivity index (χ1v) is 11.8. The number of aromatic amines is 1. The number of nitrogens with one attached hydrogen (secondary N) is 2. The second-order valence-electron chi connectivity index (χ2n) is 7.23. The van der Waals surface area contributed by atoms with Crippen LogP contribution in [0.4, 0.5) is 5.82 Å². The van der Waals surface area contributed by atoms with E-state index in [1.54, 1.807) is 26.4 Å². The molecule has 0 spiro atoms. The van der Waals surface area contributed by atoms with Gasteiger partial charge in [0.1, 0.15) is 17.3 Å². The molecule has 0 saturated heterocycles. The summed E-state index contributed by atoms with van der Waals surface area (Å²) in [6.45, 7) is 0. The third-order valence-corrected chi connectivity index (χ3v) is 6.09. The average Bonchev–Trinajstić information content (AvgIpc) is 3.29. The fourth-order valence-electron chi connectivity index (χ4n) is 3.24. The molecule has 0 bridgehead atoms. The summed E-state index contributed by atoms with van der Waals surface area (Å²) >= 11 is 7.31. The molecule has 0 fully saturated rings. The molecule has 4 rings (SSSR count). The van der Waals surface area contributed by atoms with Gasteiger partial charge in [0.05, 0.1) is 30.6 Å². The fraction of sp³-hybridized carbons (Fsp3) is 0.160. The van der Waals surface area contributed by atoms with Crippen molar-refractivity contribution in [3.63, 3.8) is 0 Å². The lowest BCUT2D eigenvalue weighted by Crippen LogP contribution is -2.13. The van der Waals surface area contributed by atoms with Crippen molar-refractivity contribution in [2.45, 2.75) is 11.6 Å². The lowest BCUT2D eigenvalue weighted by Gasteiger charge is -2.06. The van der Waals surface area contributed by atoms with Crippen LogP contribution >= 0.6 is 23.4 Å². The molecule has 0 unspecified atom stereocenters. The molecule has 0 aliphatic carbocycles. The van der Waals surface area contributed by atoms with Crippen molar-refractivity contribution < 1.29 is 14.3 Å². The maximum absolute atomic E-state index is 12.3. The van der Waals surface area contributed by atoms with E-state index in [0.29, 0.717) is 23.0 Å². The third kappa shape index (κ3) is 5.89. The van der Waals surface area contributed by atoms with Crippen LogP contribution in [0.1, 0.15) is 6.42 Å². The fourth-order valence-corrected chi connectivity index (χ4v) is 4.16. The van der Waals surface area contributed by atoms with Gasteiger partial charge in [-0.2, -0.15) is 0 Å². The normalized spacial score (nSPS) is 10.7. The van der Waals surface area contributed by atoms with Crippen LogP contribution < -0.4 is 14.8 Å². The Bertz CT molecular complexity index is 1180. The minimum Gasteiger partial charge on any atom is -0.497 e. The Morgan fingerprint density at radius 3 is 2.21 bits per heavy atom. The largest absolute Gasteiger partial charge is 0.497 e. The van der Waals surface area contributed by atoms with Gasteiger partial charge < -0.3 is 19.8 Å². The number of nitrogens with zero attached hydrogens (tertiary/aromatic N) is 2. The highest BCUT2D eigenvalue weighted by Gasteiger charge is 2.15. The van der Waals surface area contributed by atoms with E-state index in [4.69, 9.17) is 26.1 Å². The van der Waals surface area contributed by atoms with Gasteiger partial charge >= 0.3 is 0 Å². The Balaban J connectivity index is 1.49. The van der Waals surface area contributed by atoms with E-state index in [1.165, 1.54) is 18.0 Å². The van der Waals surface area contributed by atoms with Gasteiger partial charge in [0, 0.05) is 29.5 Å². The van der Waals surface area contributed by atoms with Crippen molar-refractivity contribution in [3.8, 4) is 34.0 Å². The molecular formula is C25H23ClN4O3S. The molecule has 2 aromatic carbocycles. The number of thioether (sulfide) groups is 1. The first kappa shape index (κ1) is 23.7. The molecule has 0 saturated carbocycles. The minimum absolute atomic E-state index is 0.125. The number of rotatable bonds is 9. The molecule has 34 heavy (non-hydrogen) atoms. The van der Waals surface area contributed by atoms with Crippen LogP contribution in [0, 0.1) is 0 Å². The van der Waals surface area contributed by atoms with E-state index in [2.05, 4.69) is 15.3 Å². The van der Waals surface area contributed by atoms with E-state index in [0.717, 1.165) is 39.2 Å². The van der Waals surface area contributed by atoms with Gasteiger partial charge in [-0.1, -0.05) is 23.4 Å². The Morgan fingerprint density at radius 2 is 1.62 bits per heavy atom. The molecule has 0 radical (unpaired) electrons. The molecule has 0 aliphatic heterocycles. The van der Waals surface area contributed by atoms with E-state index >= 15 is 0 Å². The molecule has 0 aliphatic rings. The van der Waals surface area contributed by atoms with Crippen molar-refractivity contribution in [1.82, 2.24) is 15.0 Å². The zero-order chi connectivity index (χ0) is 23.9. The van der Waals surface area contributed by atoms with Gasteiger partial charge in [0.2, 0.25) is 5.91 Å². The molecule has 4 aromatic rings. The number of halogens is 1. The molecule has 9 heteroatoms. The predicted molar refractivity (Wildman–Crippen MR) is 136 cm³/mol. The quantitative estimate of drug-likeness (QED) is 0.280. The van der Waals surface area contributed by atoms with Crippen molar-refractivity contribution in [2.75, 3.05) is 25.3 Å². The average molecular weight is 495 g/mol. The van der Waals surface area contributed by atoms with Crippen molar-refractivity contribution in [2.24, 2.45) is 0 Å². The lowest BCUT2D eigenvalue weighted by atomic mass is 10.0. The lowest BCUT2D eigenvalue weighted by molar-refractivity contribution is -0.115. The summed E-state index contributed by atoms with van der Waals surface area (Å²) in [5.41, 5.74) is 3.66. The van der Waals surface area contributed by atoms with Crippen LogP contribution in [0.5, 0.6) is 11.5 Å². The zero-order valence-electron chi connectivity index (χ0n) is 18.7. The van der Waals surface area contributed by atoms with Crippen LogP contribution in [0.3, 0.4) is 0 Å². The van der Waals surface area contributed by atoms with E-state index in [1.807, 2.05) is 48.5 Å². The van der Waals surface area contributed by atoms with Gasteiger partial charge in [0.25, 0.3) is 0 Å². The van der Waals surface area contributed by atoms with E-state index in [-0.39, 0.29) is 5.91 Å². The number of pyridine rings is 1. The van der Waals surface area contributed by atoms with Crippen LogP contribution in [0.15, 0.2) is 72.0 Å². The first-order valence-electron chi connectivity index (χ1n) is 10.5. The van der Waals surface area contributed by atoms with E-state index in [9.17, 15) is 4.79 Å². The highest BCUT2D eigenvalue weighted by atomic mass is 35.5. The van der Waals surface area contributed by atoms with Gasteiger partial charge in [-0.25, -0.2) is 9.97 Å². The highest BCUT2D eigenvalue weighted by Crippen LogP contribution is 2.34. The van der Waals surface area contributed by atoms with Crippen molar-refractivity contribution in [1.29, 1.82) is 0 Å². The second-order valence-corrected chi connectivity index (χ2v) is 8.75. The van der Waals surface area contributed by atoms with Gasteiger partial charge in [-0.15, -0.1) is 0 Å². The number of methoxy groups -OCH3 is 2. The smallest absolute Gasteiger partial charge is 0.226 e. The van der Waals surface area contributed by atoms with Gasteiger partial charge in [0.15, 0.2) is 5.16 Å². The van der Waals surface area contributed by atoms with Crippen LogP contribution in [0.25, 0.3) is 22.5 Å². The van der Waals surface area contributed by atoms with Crippen molar-refractivity contribution in [3.05, 3.63) is 71.9 Å². The molecule has 2 N–H and O–H groups in total. The van der Waals surface area contributed by atoms with Crippen molar-refractivity contribution >= 4 is 35.1 Å². The number of carbonyl (C=O) groups is 1. The molecule has 2 aromatic heterocycles. The minimum atomic E-state index is -0.125. The Morgan fingerprint density at radius 1 is 0.971 bits per heavy atom. The zero-order valence-corrected chi connectivity index (χ0v) is 20.2. The van der Waals surface area contributed by atoms with E-state index < -0.39 is 0 Å². The van der Waals surface area contributed by atoms with Gasteiger partial charge in [-0.05, 0) is 60.7 Å². The number of benzene rings is 2. The molecule has 1 amide bonds. The number of ether oxygens (including phenoxy) is 2. The monoisotopic (exact) mass is 494 g/mol. The number of hydrogen-bond acceptors (Lipinski definition) is 6. The summed E-state index contributed by atoms with van der Waals surface area (Å²) in [5.74, 6) is 2.46. The highest BCUT2D eigenvalue weighted by molar-refractivity contribution is 7.99. The van der Waals surface area contributed by atoms with Gasteiger partial charge in [-0.3, -0.25) is 4.79 Å². The Labute approximate surface area is 206 Å². The summed E-state index contributed by atoms with van der Waals surface area (Å²) < 4.78 is 10.6. The number of anilines is 1.